The number of methoxy groups -OCH3 is 3. The fraction of sp³-hybridized carbons (Fsp3) is 0.600. The number of hydrogen-bond donors (Lipinski definition) is 1. The summed E-state index contributed by atoms with van der Waals surface area (Å²) in [7, 11) is 4.93. The van der Waals surface area contributed by atoms with Gasteiger partial charge in [-0.25, -0.2) is 0 Å². The van der Waals surface area contributed by atoms with Crippen molar-refractivity contribution in [3.8, 4) is 17.2 Å². The first-order chi connectivity index (χ1) is 9.75. The molecule has 1 unspecified atom stereocenters. The van der Waals surface area contributed by atoms with Crippen molar-refractivity contribution in [1.82, 2.24) is 5.32 Å². The molecule has 0 amide bonds. The summed E-state index contributed by atoms with van der Waals surface area (Å²) >= 11 is 0. The van der Waals surface area contributed by atoms with Crippen LogP contribution in [0.5, 0.6) is 17.2 Å². The van der Waals surface area contributed by atoms with E-state index in [1.54, 1.807) is 21.3 Å². The van der Waals surface area contributed by atoms with Crippen LogP contribution in [0, 0.1) is 0 Å². The van der Waals surface area contributed by atoms with Gasteiger partial charge < -0.3 is 24.3 Å². The Hall–Kier alpha value is -1.46. The molecule has 5 nitrogen and oxygen atoms in total. The maximum absolute atomic E-state index is 5.97. The Morgan fingerprint density at radius 1 is 1.05 bits per heavy atom. The highest BCUT2D eigenvalue weighted by atomic mass is 16.5. The van der Waals surface area contributed by atoms with Gasteiger partial charge in [0.15, 0.2) is 0 Å². The van der Waals surface area contributed by atoms with Gasteiger partial charge in [-0.2, -0.15) is 0 Å². The molecular weight excluding hydrogens is 258 g/mol. The molecule has 1 aromatic carbocycles. The summed E-state index contributed by atoms with van der Waals surface area (Å²) in [5.74, 6) is 2.15. The van der Waals surface area contributed by atoms with Gasteiger partial charge in [0.05, 0.1) is 20.8 Å². The Kier molecular flexibility index (Phi) is 5.49. The van der Waals surface area contributed by atoms with Gasteiger partial charge in [-0.05, 0) is 12.8 Å². The molecule has 20 heavy (non-hydrogen) atoms. The van der Waals surface area contributed by atoms with Crippen LogP contribution in [0.4, 0.5) is 0 Å². The van der Waals surface area contributed by atoms with Crippen LogP contribution in [0.15, 0.2) is 18.2 Å². The van der Waals surface area contributed by atoms with Crippen molar-refractivity contribution in [3.63, 3.8) is 0 Å². The van der Waals surface area contributed by atoms with E-state index in [-0.39, 0.29) is 6.10 Å². The zero-order valence-corrected chi connectivity index (χ0v) is 12.3. The van der Waals surface area contributed by atoms with Crippen molar-refractivity contribution >= 4 is 0 Å². The summed E-state index contributed by atoms with van der Waals surface area (Å²) in [6.45, 7) is 1.32. The van der Waals surface area contributed by atoms with Gasteiger partial charge in [0.1, 0.15) is 23.4 Å². The maximum atomic E-state index is 5.97. The van der Waals surface area contributed by atoms with Crippen LogP contribution in [0.3, 0.4) is 0 Å². The number of ether oxygens (including phenoxy) is 4. The first-order valence-corrected chi connectivity index (χ1v) is 6.87. The predicted molar refractivity (Wildman–Crippen MR) is 76.9 cm³/mol. The molecule has 5 heteroatoms. The quantitative estimate of drug-likeness (QED) is 0.748. The van der Waals surface area contributed by atoms with E-state index in [1.807, 2.05) is 18.2 Å². The molecule has 0 heterocycles. The Labute approximate surface area is 120 Å². The Morgan fingerprint density at radius 3 is 2.15 bits per heavy atom. The Morgan fingerprint density at radius 2 is 1.65 bits per heavy atom. The highest BCUT2D eigenvalue weighted by Crippen LogP contribution is 2.28. The van der Waals surface area contributed by atoms with Crippen LogP contribution in [-0.2, 0) is 4.74 Å². The minimum absolute atomic E-state index is 0.0302. The number of rotatable bonds is 9. The summed E-state index contributed by atoms with van der Waals surface area (Å²) in [6, 6.07) is 6.17. The zero-order valence-electron chi connectivity index (χ0n) is 12.3. The standard InChI is InChI=1S/C15H23NO4/c1-17-10-15(9-16-11-4-5-11)20-14-7-12(18-2)6-13(8-14)19-3/h6-8,11,15-16H,4-5,9-10H2,1-3H3. The minimum atomic E-state index is -0.0302. The molecule has 1 N–H and O–H groups in total. The van der Waals surface area contributed by atoms with Crippen molar-refractivity contribution in [2.24, 2.45) is 0 Å². The first kappa shape index (κ1) is 14.9. The zero-order chi connectivity index (χ0) is 14.4. The molecule has 1 aliphatic rings. The average molecular weight is 281 g/mol. The van der Waals surface area contributed by atoms with Crippen molar-refractivity contribution in [1.29, 1.82) is 0 Å². The molecule has 2 rings (SSSR count). The third kappa shape index (κ3) is 4.58. The largest absolute Gasteiger partial charge is 0.496 e. The van der Waals surface area contributed by atoms with E-state index in [9.17, 15) is 0 Å². The van der Waals surface area contributed by atoms with Gasteiger partial charge in [-0.3, -0.25) is 0 Å². The van der Waals surface area contributed by atoms with Crippen molar-refractivity contribution in [3.05, 3.63) is 18.2 Å². The van der Waals surface area contributed by atoms with Crippen LogP contribution < -0.4 is 19.5 Å². The smallest absolute Gasteiger partial charge is 0.134 e. The van der Waals surface area contributed by atoms with E-state index in [0.29, 0.717) is 24.1 Å². The molecule has 0 bridgehead atoms. The third-order valence-electron chi connectivity index (χ3n) is 3.19. The van der Waals surface area contributed by atoms with Crippen LogP contribution >= 0.6 is 0 Å². The van der Waals surface area contributed by atoms with E-state index < -0.39 is 0 Å². The van der Waals surface area contributed by atoms with Crippen LogP contribution in [0.1, 0.15) is 12.8 Å². The lowest BCUT2D eigenvalue weighted by molar-refractivity contribution is 0.0801. The molecule has 1 aromatic rings. The molecule has 0 aliphatic heterocycles. The highest BCUT2D eigenvalue weighted by molar-refractivity contribution is 5.42. The molecule has 0 radical (unpaired) electrons. The van der Waals surface area contributed by atoms with Crippen LogP contribution in [0.2, 0.25) is 0 Å². The normalized spacial score (nSPS) is 15.8. The predicted octanol–water partition coefficient (Wildman–Crippen LogP) is 1.85. The molecule has 0 saturated heterocycles. The number of nitrogens with one attached hydrogen (secondary N) is 1. The van der Waals surface area contributed by atoms with Gasteiger partial charge in [0, 0.05) is 37.9 Å². The second-order valence-electron chi connectivity index (χ2n) is 4.93. The first-order valence-electron chi connectivity index (χ1n) is 6.87. The van der Waals surface area contributed by atoms with Gasteiger partial charge in [-0.1, -0.05) is 0 Å². The number of hydrogen-bond acceptors (Lipinski definition) is 5. The van der Waals surface area contributed by atoms with Gasteiger partial charge in [0.2, 0.25) is 0 Å². The molecule has 0 aromatic heterocycles. The SMILES string of the molecule is COCC(CNC1CC1)Oc1cc(OC)cc(OC)c1. The highest BCUT2D eigenvalue weighted by Gasteiger charge is 2.22. The van der Waals surface area contributed by atoms with E-state index in [4.69, 9.17) is 18.9 Å². The number of benzene rings is 1. The molecule has 1 aliphatic carbocycles. The lowest BCUT2D eigenvalue weighted by atomic mass is 10.3. The maximum Gasteiger partial charge on any atom is 0.134 e. The summed E-state index contributed by atoms with van der Waals surface area (Å²) in [4.78, 5) is 0. The topological polar surface area (TPSA) is 49.0 Å². The molecular formula is C15H23NO4. The van der Waals surface area contributed by atoms with Gasteiger partial charge in [-0.15, -0.1) is 0 Å². The van der Waals surface area contributed by atoms with E-state index in [1.165, 1.54) is 12.8 Å². The van der Waals surface area contributed by atoms with Gasteiger partial charge >= 0.3 is 0 Å². The van der Waals surface area contributed by atoms with Crippen molar-refractivity contribution in [2.45, 2.75) is 25.0 Å². The molecule has 1 saturated carbocycles. The van der Waals surface area contributed by atoms with E-state index in [0.717, 1.165) is 12.3 Å². The average Bonchev–Trinajstić information content (AvgIpc) is 3.28. The molecule has 0 spiro atoms. The Bertz CT molecular complexity index is 398. The monoisotopic (exact) mass is 281 g/mol. The lowest BCUT2D eigenvalue weighted by Gasteiger charge is -2.20. The van der Waals surface area contributed by atoms with Crippen molar-refractivity contribution < 1.29 is 18.9 Å². The minimum Gasteiger partial charge on any atom is -0.496 e. The summed E-state index contributed by atoms with van der Waals surface area (Å²) in [6.07, 6.45) is 2.48. The second kappa shape index (κ2) is 7.36. The summed E-state index contributed by atoms with van der Waals surface area (Å²) in [5, 5.41) is 3.45. The summed E-state index contributed by atoms with van der Waals surface area (Å²) < 4.78 is 21.7. The van der Waals surface area contributed by atoms with E-state index in [2.05, 4.69) is 5.32 Å². The van der Waals surface area contributed by atoms with Gasteiger partial charge in [0.25, 0.3) is 0 Å². The molecule has 1 atom stereocenters. The molecule has 112 valence electrons. The fourth-order valence-electron chi connectivity index (χ4n) is 1.95. The Balaban J connectivity index is 1.99. The third-order valence-corrected chi connectivity index (χ3v) is 3.19. The van der Waals surface area contributed by atoms with Crippen LogP contribution in [-0.4, -0.2) is 46.6 Å². The second-order valence-corrected chi connectivity index (χ2v) is 4.93. The summed E-state index contributed by atoms with van der Waals surface area (Å²) in [5.41, 5.74) is 0. The van der Waals surface area contributed by atoms with Crippen molar-refractivity contribution in [2.75, 3.05) is 34.5 Å². The van der Waals surface area contributed by atoms with E-state index >= 15 is 0 Å². The lowest BCUT2D eigenvalue weighted by Crippen LogP contribution is -2.35. The molecule has 1 fully saturated rings. The fourth-order valence-corrected chi connectivity index (χ4v) is 1.95. The van der Waals surface area contributed by atoms with Crippen LogP contribution in [0.25, 0.3) is 0 Å².